The number of H-pyrrole nitrogens is 1. The average molecular weight is 554 g/mol. The van der Waals surface area contributed by atoms with Gasteiger partial charge in [-0.2, -0.15) is 13.2 Å². The zero-order valence-corrected chi connectivity index (χ0v) is 21.4. The molecule has 3 aliphatic rings. The van der Waals surface area contributed by atoms with Gasteiger partial charge in [-0.1, -0.05) is 28.5 Å². The summed E-state index contributed by atoms with van der Waals surface area (Å²) >= 11 is 0. The van der Waals surface area contributed by atoms with Gasteiger partial charge in [0, 0.05) is 40.9 Å². The molecule has 4 aromatic rings. The van der Waals surface area contributed by atoms with Crippen molar-refractivity contribution in [2.75, 3.05) is 4.90 Å². The van der Waals surface area contributed by atoms with Crippen LogP contribution in [0.3, 0.4) is 0 Å². The van der Waals surface area contributed by atoms with E-state index in [9.17, 15) is 18.0 Å². The Bertz CT molecular complexity index is 1560. The van der Waals surface area contributed by atoms with Crippen LogP contribution in [-0.4, -0.2) is 38.5 Å². The van der Waals surface area contributed by atoms with Crippen LogP contribution in [-0.2, 0) is 17.5 Å². The van der Waals surface area contributed by atoms with E-state index in [1.54, 1.807) is 12.3 Å². The van der Waals surface area contributed by atoms with Gasteiger partial charge < -0.3 is 14.2 Å². The SMILES string of the molecule is O=c1[nH]c(-c2ccc(N3[C@@H]4CC[C@H]3CC(OCc3c(-c5ccccc5C(F)(F)F)noc3C3CC3)C4)nc2)no1. The lowest BCUT2D eigenvalue weighted by atomic mass is 9.98. The molecule has 208 valence electrons. The van der Waals surface area contributed by atoms with Crippen LogP contribution in [0.2, 0.25) is 0 Å². The molecule has 7 rings (SSSR count). The third-order valence-corrected chi connectivity index (χ3v) is 8.13. The van der Waals surface area contributed by atoms with Crippen molar-refractivity contribution in [1.29, 1.82) is 0 Å². The van der Waals surface area contributed by atoms with Crippen LogP contribution in [0, 0.1) is 0 Å². The highest BCUT2D eigenvalue weighted by Gasteiger charge is 2.43. The topological polar surface area (TPSA) is 110 Å². The molecule has 2 aliphatic heterocycles. The summed E-state index contributed by atoms with van der Waals surface area (Å²) in [6.07, 6.45) is 2.58. The number of pyridine rings is 1. The minimum Gasteiger partial charge on any atom is -0.373 e. The molecular formula is C28H26F3N5O4. The Morgan fingerprint density at radius 1 is 1.00 bits per heavy atom. The maximum Gasteiger partial charge on any atom is 0.439 e. The van der Waals surface area contributed by atoms with E-state index in [0.717, 1.165) is 50.4 Å². The summed E-state index contributed by atoms with van der Waals surface area (Å²) in [5, 5.41) is 7.81. The summed E-state index contributed by atoms with van der Waals surface area (Å²) in [4.78, 5) is 20.7. The molecule has 0 radical (unpaired) electrons. The van der Waals surface area contributed by atoms with Crippen LogP contribution in [0.1, 0.15) is 61.3 Å². The van der Waals surface area contributed by atoms with Crippen LogP contribution in [0.5, 0.6) is 0 Å². The van der Waals surface area contributed by atoms with Crippen molar-refractivity contribution < 1.29 is 27.0 Å². The third kappa shape index (κ3) is 4.59. The quantitative estimate of drug-likeness (QED) is 0.311. The first-order valence-electron chi connectivity index (χ1n) is 13.4. The summed E-state index contributed by atoms with van der Waals surface area (Å²) in [7, 11) is 0. The summed E-state index contributed by atoms with van der Waals surface area (Å²) in [6, 6.07) is 9.73. The van der Waals surface area contributed by atoms with Crippen LogP contribution in [0.4, 0.5) is 19.0 Å². The number of aromatic amines is 1. The first-order chi connectivity index (χ1) is 19.3. The Labute approximate surface area is 226 Å². The molecule has 1 saturated carbocycles. The zero-order valence-electron chi connectivity index (χ0n) is 21.4. The molecule has 1 unspecified atom stereocenters. The smallest absolute Gasteiger partial charge is 0.373 e. The van der Waals surface area contributed by atoms with Crippen LogP contribution < -0.4 is 10.7 Å². The molecule has 0 spiro atoms. The Morgan fingerprint density at radius 3 is 2.42 bits per heavy atom. The molecule has 3 fully saturated rings. The highest BCUT2D eigenvalue weighted by Crippen LogP contribution is 2.46. The minimum atomic E-state index is -4.50. The summed E-state index contributed by atoms with van der Waals surface area (Å²) in [6.45, 7) is 0.157. The van der Waals surface area contributed by atoms with Gasteiger partial charge in [0.05, 0.1) is 18.3 Å². The van der Waals surface area contributed by atoms with Gasteiger partial charge in [-0.05, 0) is 56.7 Å². The van der Waals surface area contributed by atoms with Gasteiger partial charge in [0.2, 0.25) is 0 Å². The van der Waals surface area contributed by atoms with E-state index in [1.807, 2.05) is 12.1 Å². The van der Waals surface area contributed by atoms with Crippen molar-refractivity contribution in [3.63, 3.8) is 0 Å². The number of ether oxygens (including phenoxy) is 1. The summed E-state index contributed by atoms with van der Waals surface area (Å²) < 4.78 is 57.9. The van der Waals surface area contributed by atoms with E-state index in [0.29, 0.717) is 22.7 Å². The first-order valence-corrected chi connectivity index (χ1v) is 13.4. The summed E-state index contributed by atoms with van der Waals surface area (Å²) in [5.74, 6) is 1.38. The molecule has 9 nitrogen and oxygen atoms in total. The highest BCUT2D eigenvalue weighted by atomic mass is 19.4. The van der Waals surface area contributed by atoms with Gasteiger partial charge >= 0.3 is 11.9 Å². The van der Waals surface area contributed by atoms with Gasteiger partial charge in [0.1, 0.15) is 17.3 Å². The third-order valence-electron chi connectivity index (χ3n) is 8.13. The fraction of sp³-hybridized carbons (Fsp3) is 0.429. The number of hydrogen-bond donors (Lipinski definition) is 1. The second-order valence-corrected chi connectivity index (χ2v) is 10.7. The monoisotopic (exact) mass is 553 g/mol. The van der Waals surface area contributed by atoms with Crippen molar-refractivity contribution in [3.8, 4) is 22.6 Å². The molecule has 0 amide bonds. The number of rotatable bonds is 7. The van der Waals surface area contributed by atoms with Gasteiger partial charge in [0.15, 0.2) is 5.82 Å². The molecule has 5 heterocycles. The standard InChI is InChI=1S/C28H26F3N5O4/c29-28(30,31)22-4-2-1-3-20(22)24-21(25(39-34-24)15-5-6-15)14-38-19-11-17-8-9-18(12-19)36(17)23-10-7-16(13-32-23)26-33-27(37)40-35-26/h1-4,7,10,13,15,17-19H,5-6,8-9,11-12,14H2,(H,33,35,37)/t17-,18+,19?. The zero-order chi connectivity index (χ0) is 27.4. The number of benzene rings is 1. The predicted molar refractivity (Wildman–Crippen MR) is 136 cm³/mol. The van der Waals surface area contributed by atoms with Crippen LogP contribution in [0.15, 0.2) is 56.4 Å². The van der Waals surface area contributed by atoms with E-state index in [2.05, 4.69) is 29.7 Å². The van der Waals surface area contributed by atoms with Gasteiger partial charge in [-0.15, -0.1) is 0 Å². The Balaban J connectivity index is 1.08. The Hall–Kier alpha value is -3.93. The lowest BCUT2D eigenvalue weighted by molar-refractivity contribution is -0.137. The van der Waals surface area contributed by atoms with Crippen molar-refractivity contribution in [2.24, 2.45) is 0 Å². The molecule has 3 atom stereocenters. The van der Waals surface area contributed by atoms with Crippen LogP contribution >= 0.6 is 0 Å². The second kappa shape index (κ2) is 9.61. The second-order valence-electron chi connectivity index (χ2n) is 10.7. The molecule has 40 heavy (non-hydrogen) atoms. The maximum absolute atomic E-state index is 13.8. The number of piperidine rings is 1. The van der Waals surface area contributed by atoms with Gasteiger partial charge in [-0.25, -0.2) is 9.78 Å². The molecule has 1 aliphatic carbocycles. The number of hydrogen-bond acceptors (Lipinski definition) is 8. The highest BCUT2D eigenvalue weighted by molar-refractivity contribution is 5.68. The number of halogens is 3. The first kappa shape index (κ1) is 25.1. The number of aromatic nitrogens is 4. The van der Waals surface area contributed by atoms with Crippen molar-refractivity contribution >= 4 is 5.82 Å². The number of anilines is 1. The van der Waals surface area contributed by atoms with E-state index in [4.69, 9.17) is 9.26 Å². The Morgan fingerprint density at radius 2 is 1.77 bits per heavy atom. The fourth-order valence-corrected chi connectivity index (χ4v) is 6.15. The molecular weight excluding hydrogens is 527 g/mol. The van der Waals surface area contributed by atoms with Crippen molar-refractivity contribution in [1.82, 2.24) is 20.3 Å². The fourth-order valence-electron chi connectivity index (χ4n) is 6.15. The molecule has 12 heteroatoms. The lowest BCUT2D eigenvalue weighted by Crippen LogP contribution is -2.46. The van der Waals surface area contributed by atoms with E-state index in [1.165, 1.54) is 12.1 Å². The lowest BCUT2D eigenvalue weighted by Gasteiger charge is -2.39. The van der Waals surface area contributed by atoms with Crippen molar-refractivity contribution in [2.45, 2.75) is 75.4 Å². The maximum atomic E-state index is 13.8. The van der Waals surface area contributed by atoms with E-state index >= 15 is 0 Å². The molecule has 2 bridgehead atoms. The minimum absolute atomic E-state index is 0.0170. The normalized spacial score (nSPS) is 22.7. The van der Waals surface area contributed by atoms with Crippen molar-refractivity contribution in [3.05, 3.63) is 70.0 Å². The molecule has 3 aromatic heterocycles. The molecule has 1 N–H and O–H groups in total. The Kier molecular flexibility index (Phi) is 6.02. The average Bonchev–Trinajstić information content (AvgIpc) is 3.46. The number of nitrogens with one attached hydrogen (secondary N) is 1. The van der Waals surface area contributed by atoms with E-state index < -0.39 is 17.5 Å². The van der Waals surface area contributed by atoms with Gasteiger partial charge in [-0.3, -0.25) is 9.51 Å². The number of fused-ring (bicyclic) bond motifs is 2. The predicted octanol–water partition coefficient (Wildman–Crippen LogP) is 5.69. The van der Waals surface area contributed by atoms with E-state index in [-0.39, 0.29) is 42.0 Å². The van der Waals surface area contributed by atoms with Gasteiger partial charge in [0.25, 0.3) is 0 Å². The summed E-state index contributed by atoms with van der Waals surface area (Å²) in [5.41, 5.74) is 0.781. The number of nitrogens with zero attached hydrogens (tertiary/aromatic N) is 4. The largest absolute Gasteiger partial charge is 0.439 e. The number of alkyl halides is 3. The molecule has 2 saturated heterocycles. The molecule has 1 aromatic carbocycles. The van der Waals surface area contributed by atoms with Crippen LogP contribution in [0.25, 0.3) is 22.6 Å².